The summed E-state index contributed by atoms with van der Waals surface area (Å²) in [6.45, 7) is 7.32. The molecule has 0 saturated carbocycles. The van der Waals surface area contributed by atoms with Gasteiger partial charge in [-0.15, -0.1) is 0 Å². The fraction of sp³-hybridized carbons (Fsp3) is 0.533. The molecule has 1 atom stereocenters. The second-order valence-electron chi connectivity index (χ2n) is 5.78. The van der Waals surface area contributed by atoms with E-state index in [9.17, 15) is 4.39 Å². The number of hydrogen-bond donors (Lipinski definition) is 1. The second-order valence-corrected chi connectivity index (χ2v) is 6.16. The van der Waals surface area contributed by atoms with Gasteiger partial charge < -0.3 is 14.5 Å². The fourth-order valence-corrected chi connectivity index (χ4v) is 3.50. The van der Waals surface area contributed by atoms with Crippen LogP contribution in [0.4, 0.5) is 4.39 Å². The number of H-pyrrole nitrogens is 1. The van der Waals surface area contributed by atoms with Gasteiger partial charge in [0.1, 0.15) is 5.82 Å². The SMILES string of the molecule is Cc1cc2c(cc1F)[nH]c(=S)n2C(C)CN1CCCC1. The van der Waals surface area contributed by atoms with Gasteiger partial charge in [0.05, 0.1) is 11.0 Å². The van der Waals surface area contributed by atoms with Gasteiger partial charge in [-0.2, -0.15) is 0 Å². The maximum Gasteiger partial charge on any atom is 0.178 e. The van der Waals surface area contributed by atoms with E-state index in [0.717, 1.165) is 17.6 Å². The van der Waals surface area contributed by atoms with Gasteiger partial charge in [0.25, 0.3) is 0 Å². The Hall–Kier alpha value is -1.20. The lowest BCUT2D eigenvalue weighted by Gasteiger charge is -2.22. The molecule has 0 bridgehead atoms. The van der Waals surface area contributed by atoms with Crippen LogP contribution < -0.4 is 0 Å². The molecule has 1 N–H and O–H groups in total. The number of likely N-dealkylation sites (tertiary alicyclic amines) is 1. The highest BCUT2D eigenvalue weighted by Crippen LogP contribution is 2.23. The Morgan fingerprint density at radius 3 is 2.75 bits per heavy atom. The second kappa shape index (κ2) is 5.30. The number of halogens is 1. The summed E-state index contributed by atoms with van der Waals surface area (Å²) in [7, 11) is 0. The third-order valence-corrected chi connectivity index (χ3v) is 4.46. The minimum absolute atomic E-state index is 0.187. The van der Waals surface area contributed by atoms with Crippen LogP contribution in [0.5, 0.6) is 0 Å². The van der Waals surface area contributed by atoms with Crippen molar-refractivity contribution in [3.8, 4) is 0 Å². The monoisotopic (exact) mass is 293 g/mol. The van der Waals surface area contributed by atoms with E-state index in [-0.39, 0.29) is 5.82 Å². The average molecular weight is 293 g/mol. The highest BCUT2D eigenvalue weighted by atomic mass is 32.1. The molecule has 0 radical (unpaired) electrons. The lowest BCUT2D eigenvalue weighted by Crippen LogP contribution is -2.27. The molecule has 1 aliphatic rings. The Kier molecular flexibility index (Phi) is 3.65. The lowest BCUT2D eigenvalue weighted by atomic mass is 10.2. The van der Waals surface area contributed by atoms with Gasteiger partial charge in [-0.3, -0.25) is 0 Å². The van der Waals surface area contributed by atoms with Crippen LogP contribution in [0.2, 0.25) is 0 Å². The molecule has 20 heavy (non-hydrogen) atoms. The largest absolute Gasteiger partial charge is 0.330 e. The average Bonchev–Trinajstić information content (AvgIpc) is 2.97. The molecular weight excluding hydrogens is 273 g/mol. The third kappa shape index (κ3) is 2.40. The van der Waals surface area contributed by atoms with Crippen molar-refractivity contribution in [3.63, 3.8) is 0 Å². The summed E-state index contributed by atoms with van der Waals surface area (Å²) in [6, 6.07) is 3.72. The van der Waals surface area contributed by atoms with Gasteiger partial charge in [-0.1, -0.05) is 0 Å². The smallest absolute Gasteiger partial charge is 0.178 e. The number of aryl methyl sites for hydroxylation is 1. The topological polar surface area (TPSA) is 24.0 Å². The Morgan fingerprint density at radius 2 is 2.05 bits per heavy atom. The van der Waals surface area contributed by atoms with Crippen LogP contribution in [0.3, 0.4) is 0 Å². The highest BCUT2D eigenvalue weighted by Gasteiger charge is 2.18. The molecule has 1 aromatic heterocycles. The van der Waals surface area contributed by atoms with Crippen LogP contribution in [0.15, 0.2) is 12.1 Å². The standard InChI is InChI=1S/C15H20FN3S/c1-10-7-14-13(8-12(10)16)17-15(20)19(14)11(2)9-18-5-3-4-6-18/h7-8,11H,3-6,9H2,1-2H3,(H,17,20). The molecule has 5 heteroatoms. The molecule has 2 heterocycles. The van der Waals surface area contributed by atoms with Gasteiger partial charge in [-0.25, -0.2) is 4.39 Å². The van der Waals surface area contributed by atoms with Crippen molar-refractivity contribution < 1.29 is 4.39 Å². The minimum Gasteiger partial charge on any atom is -0.330 e. The van der Waals surface area contributed by atoms with Crippen molar-refractivity contribution in [1.29, 1.82) is 0 Å². The van der Waals surface area contributed by atoms with E-state index in [4.69, 9.17) is 12.2 Å². The van der Waals surface area contributed by atoms with E-state index in [1.807, 2.05) is 6.07 Å². The van der Waals surface area contributed by atoms with Crippen LogP contribution in [0.1, 0.15) is 31.4 Å². The summed E-state index contributed by atoms with van der Waals surface area (Å²) in [5.74, 6) is -0.187. The van der Waals surface area contributed by atoms with Crippen molar-refractivity contribution in [2.24, 2.45) is 0 Å². The Labute approximate surface area is 123 Å². The van der Waals surface area contributed by atoms with Crippen molar-refractivity contribution in [2.75, 3.05) is 19.6 Å². The molecular formula is C15H20FN3S. The van der Waals surface area contributed by atoms with E-state index >= 15 is 0 Å². The van der Waals surface area contributed by atoms with Crippen molar-refractivity contribution in [3.05, 3.63) is 28.3 Å². The zero-order chi connectivity index (χ0) is 14.3. The first-order valence-corrected chi connectivity index (χ1v) is 7.60. The fourth-order valence-electron chi connectivity index (χ4n) is 3.11. The van der Waals surface area contributed by atoms with E-state index in [1.54, 1.807) is 13.0 Å². The van der Waals surface area contributed by atoms with Crippen LogP contribution in [0.25, 0.3) is 11.0 Å². The first-order valence-electron chi connectivity index (χ1n) is 7.19. The van der Waals surface area contributed by atoms with Gasteiger partial charge in [-0.05, 0) is 69.7 Å². The summed E-state index contributed by atoms with van der Waals surface area (Å²) in [6.07, 6.45) is 2.58. The number of imidazole rings is 1. The zero-order valence-electron chi connectivity index (χ0n) is 11.9. The van der Waals surface area contributed by atoms with E-state index in [0.29, 0.717) is 16.4 Å². The molecule has 0 amide bonds. The lowest BCUT2D eigenvalue weighted by molar-refractivity contribution is 0.289. The number of nitrogens with zero attached hydrogens (tertiary/aromatic N) is 2. The predicted octanol–water partition coefficient (Wildman–Crippen LogP) is 3.80. The molecule has 1 aliphatic heterocycles. The molecule has 0 spiro atoms. The van der Waals surface area contributed by atoms with Gasteiger partial charge in [0.15, 0.2) is 4.77 Å². The number of fused-ring (bicyclic) bond motifs is 1. The number of hydrogen-bond acceptors (Lipinski definition) is 2. The number of rotatable bonds is 3. The Balaban J connectivity index is 1.99. The predicted molar refractivity (Wildman–Crippen MR) is 82.2 cm³/mol. The van der Waals surface area contributed by atoms with Crippen LogP contribution in [-0.2, 0) is 0 Å². The maximum absolute atomic E-state index is 13.6. The summed E-state index contributed by atoms with van der Waals surface area (Å²) in [5, 5.41) is 0. The maximum atomic E-state index is 13.6. The van der Waals surface area contributed by atoms with Crippen LogP contribution in [-0.4, -0.2) is 34.1 Å². The van der Waals surface area contributed by atoms with E-state index < -0.39 is 0 Å². The first-order chi connectivity index (χ1) is 9.56. The van der Waals surface area contributed by atoms with Crippen molar-refractivity contribution >= 4 is 23.3 Å². The molecule has 108 valence electrons. The quantitative estimate of drug-likeness (QED) is 0.870. The normalized spacial score (nSPS) is 17.9. The van der Waals surface area contributed by atoms with Crippen molar-refractivity contribution in [1.82, 2.24) is 14.5 Å². The summed E-state index contributed by atoms with van der Waals surface area (Å²) < 4.78 is 16.4. The summed E-state index contributed by atoms with van der Waals surface area (Å²) >= 11 is 5.42. The van der Waals surface area contributed by atoms with Gasteiger partial charge in [0.2, 0.25) is 0 Å². The molecule has 3 nitrogen and oxygen atoms in total. The number of aromatic amines is 1. The van der Waals surface area contributed by atoms with Gasteiger partial charge in [0, 0.05) is 12.6 Å². The number of nitrogens with one attached hydrogen (secondary N) is 1. The van der Waals surface area contributed by atoms with Crippen molar-refractivity contribution in [2.45, 2.75) is 32.7 Å². The Morgan fingerprint density at radius 1 is 1.35 bits per heavy atom. The molecule has 1 unspecified atom stereocenters. The van der Waals surface area contributed by atoms with Crippen LogP contribution >= 0.6 is 12.2 Å². The number of aromatic nitrogens is 2. The zero-order valence-corrected chi connectivity index (χ0v) is 12.8. The van der Waals surface area contributed by atoms with Gasteiger partial charge >= 0.3 is 0 Å². The molecule has 0 aliphatic carbocycles. The molecule has 2 aromatic rings. The minimum atomic E-state index is -0.187. The molecule has 1 saturated heterocycles. The number of benzene rings is 1. The third-order valence-electron chi connectivity index (χ3n) is 4.16. The molecule has 1 aromatic carbocycles. The van der Waals surface area contributed by atoms with Crippen LogP contribution in [0, 0.1) is 17.5 Å². The summed E-state index contributed by atoms with van der Waals surface area (Å²) in [4.78, 5) is 5.59. The van der Waals surface area contributed by atoms with E-state index in [2.05, 4.69) is 21.4 Å². The molecule has 1 fully saturated rings. The summed E-state index contributed by atoms with van der Waals surface area (Å²) in [5.41, 5.74) is 2.44. The van der Waals surface area contributed by atoms with E-state index in [1.165, 1.54) is 25.9 Å². The Bertz CT molecular complexity index is 682. The first kappa shape index (κ1) is 13.8. The molecule has 3 rings (SSSR count). The highest BCUT2D eigenvalue weighted by molar-refractivity contribution is 7.71.